The molecule has 2 fully saturated rings. The number of thiocarbonyl (C=S) groups is 1. The van der Waals surface area contributed by atoms with Crippen LogP contribution in [0.5, 0.6) is 0 Å². The quantitative estimate of drug-likeness (QED) is 0.562. The summed E-state index contributed by atoms with van der Waals surface area (Å²) in [6, 6.07) is -0.789. The Morgan fingerprint density at radius 3 is 2.86 bits per heavy atom. The number of carbonyl (C=O) groups is 3. The maximum Gasteiger partial charge on any atom is 0.375 e. The number of hydrogen-bond donors (Lipinski definition) is 1. The molecule has 2 rings (SSSR count). The van der Waals surface area contributed by atoms with Gasteiger partial charge in [0.15, 0.2) is 0 Å². The minimum atomic E-state index is -1.02. The van der Waals surface area contributed by atoms with Gasteiger partial charge in [0.05, 0.1) is 4.99 Å². The van der Waals surface area contributed by atoms with Crippen LogP contribution in [0.1, 0.15) is 19.3 Å². The lowest BCUT2D eigenvalue weighted by atomic mass is 10.2. The second-order valence-corrected chi connectivity index (χ2v) is 5.66. The van der Waals surface area contributed by atoms with Crippen LogP contribution in [0, 0.1) is 0 Å². The Bertz CT molecular complexity index is 540. The van der Waals surface area contributed by atoms with Crippen LogP contribution in [0.25, 0.3) is 0 Å². The van der Waals surface area contributed by atoms with Crippen molar-refractivity contribution in [2.24, 2.45) is 0 Å². The van der Waals surface area contributed by atoms with Gasteiger partial charge < -0.3 is 14.9 Å². The van der Waals surface area contributed by atoms with Crippen LogP contribution >= 0.6 is 23.8 Å². The first kappa shape index (κ1) is 16.7. The second kappa shape index (κ2) is 7.03. The van der Waals surface area contributed by atoms with Crippen LogP contribution in [-0.4, -0.2) is 46.8 Å². The Labute approximate surface area is 136 Å². The van der Waals surface area contributed by atoms with Gasteiger partial charge in [0.1, 0.15) is 12.6 Å². The number of cyclic esters (lactones) is 1. The van der Waals surface area contributed by atoms with E-state index in [1.165, 1.54) is 0 Å². The third-order valence-electron chi connectivity index (χ3n) is 2.84. The molecule has 0 aromatic carbocycles. The summed E-state index contributed by atoms with van der Waals surface area (Å²) >= 11 is 10.6. The van der Waals surface area contributed by atoms with E-state index in [0.717, 1.165) is 0 Å². The van der Waals surface area contributed by atoms with Crippen molar-refractivity contribution >= 4 is 46.7 Å². The Morgan fingerprint density at radius 1 is 1.55 bits per heavy atom. The number of carbonyl (C=O) groups excluding carboxylic acids is 3. The topological polar surface area (TPSA) is 94.2 Å². The predicted molar refractivity (Wildman–Crippen MR) is 77.1 cm³/mol. The van der Waals surface area contributed by atoms with Crippen LogP contribution in [0.2, 0.25) is 0 Å². The molecule has 1 N–H and O–H groups in total. The molecule has 120 valence electrons. The molecule has 2 atom stereocenters. The van der Waals surface area contributed by atoms with Crippen LogP contribution in [0.3, 0.4) is 0 Å². The third kappa shape index (κ3) is 4.15. The van der Waals surface area contributed by atoms with Gasteiger partial charge in [0, 0.05) is 24.3 Å². The van der Waals surface area contributed by atoms with Gasteiger partial charge in [-0.05, 0) is 5.23 Å². The fraction of sp³-hybridized carbons (Fsp3) is 0.500. The number of amides is 1. The zero-order valence-corrected chi connectivity index (χ0v) is 12.9. The lowest BCUT2D eigenvalue weighted by Gasteiger charge is -2.15. The Morgan fingerprint density at radius 2 is 2.27 bits per heavy atom. The van der Waals surface area contributed by atoms with Crippen LogP contribution in [0.4, 0.5) is 0 Å². The number of rotatable bonds is 5. The largest absolute Gasteiger partial charge is 0.450 e. The van der Waals surface area contributed by atoms with Gasteiger partial charge >= 0.3 is 17.8 Å². The number of esters is 1. The molecule has 0 radical (unpaired) electrons. The van der Waals surface area contributed by atoms with Crippen molar-refractivity contribution in [1.29, 1.82) is 0 Å². The highest BCUT2D eigenvalue weighted by molar-refractivity contribution is 7.80. The Hall–Kier alpha value is -1.71. The summed E-state index contributed by atoms with van der Waals surface area (Å²) in [7, 11) is 0. The van der Waals surface area contributed by atoms with Gasteiger partial charge in [-0.15, -0.1) is 0 Å². The lowest BCUT2D eigenvalue weighted by Crippen LogP contribution is -2.43. The lowest BCUT2D eigenvalue weighted by molar-refractivity contribution is -0.306. The van der Waals surface area contributed by atoms with Crippen LogP contribution in [0.15, 0.2) is 11.6 Å². The first-order valence-electron chi connectivity index (χ1n) is 6.37. The van der Waals surface area contributed by atoms with Gasteiger partial charge in [-0.25, -0.2) is 9.63 Å². The maximum absolute atomic E-state index is 12.0. The predicted octanol–water partition coefficient (Wildman–Crippen LogP) is 0.352. The van der Waals surface area contributed by atoms with E-state index in [9.17, 15) is 14.4 Å². The summed E-state index contributed by atoms with van der Waals surface area (Å²) in [5, 5.41) is 3.52. The number of hydroxylamine groups is 2. The number of nitrogens with zero attached hydrogens (tertiary/aromatic N) is 1. The summed E-state index contributed by atoms with van der Waals surface area (Å²) in [6.07, 6.45) is -0.450. The van der Waals surface area contributed by atoms with Crippen molar-refractivity contribution in [2.75, 3.05) is 6.61 Å². The van der Waals surface area contributed by atoms with E-state index in [2.05, 4.69) is 11.9 Å². The van der Waals surface area contributed by atoms with Gasteiger partial charge in [-0.2, -0.15) is 0 Å². The van der Waals surface area contributed by atoms with Crippen molar-refractivity contribution in [3.05, 3.63) is 11.6 Å². The van der Waals surface area contributed by atoms with E-state index in [0.29, 0.717) is 15.2 Å². The zero-order chi connectivity index (χ0) is 16.3. The summed E-state index contributed by atoms with van der Waals surface area (Å²) in [5.74, 6) is -1.97. The summed E-state index contributed by atoms with van der Waals surface area (Å²) < 4.78 is 4.74. The van der Waals surface area contributed by atoms with E-state index < -0.39 is 30.0 Å². The fourth-order valence-corrected chi connectivity index (χ4v) is 2.36. The molecule has 1 unspecified atom stereocenters. The zero-order valence-electron chi connectivity index (χ0n) is 11.4. The van der Waals surface area contributed by atoms with E-state index in [-0.39, 0.29) is 25.9 Å². The molecule has 10 heteroatoms. The smallest absolute Gasteiger partial charge is 0.375 e. The van der Waals surface area contributed by atoms with Gasteiger partial charge in [0.2, 0.25) is 6.10 Å². The molecule has 0 aliphatic carbocycles. The molecule has 22 heavy (non-hydrogen) atoms. The molecule has 2 aliphatic rings. The highest BCUT2D eigenvalue weighted by Crippen LogP contribution is 2.17. The molecule has 0 saturated carbocycles. The van der Waals surface area contributed by atoms with Crippen molar-refractivity contribution < 1.29 is 28.8 Å². The van der Waals surface area contributed by atoms with Crippen LogP contribution < -0.4 is 5.32 Å². The standard InChI is InChI=1S/C12H13ClN2O6S/c1-6(13)4-9(22)14-7-5-19-15(11(7)17)21-12(18)8-2-3-10(16)20-8/h7-8H,1-5H2,(H,14,22)/t7-,8?/m0/s1. The molecule has 0 aromatic heterocycles. The highest BCUT2D eigenvalue weighted by atomic mass is 35.5. The minimum absolute atomic E-state index is 0.0640. The first-order valence-corrected chi connectivity index (χ1v) is 7.16. The first-order chi connectivity index (χ1) is 10.4. The minimum Gasteiger partial charge on any atom is -0.450 e. The number of ether oxygens (including phenoxy) is 1. The van der Waals surface area contributed by atoms with Crippen molar-refractivity contribution in [3.8, 4) is 0 Å². The highest BCUT2D eigenvalue weighted by Gasteiger charge is 2.40. The number of nitrogens with one attached hydrogen (secondary N) is 1. The summed E-state index contributed by atoms with van der Waals surface area (Å²) in [4.78, 5) is 44.7. The SMILES string of the molecule is C=C(Cl)CC(=S)N[C@H]1CON(OC(=O)C2CCC(=O)O2)C1=O. The fourth-order valence-electron chi connectivity index (χ4n) is 1.83. The van der Waals surface area contributed by atoms with Gasteiger partial charge in [-0.3, -0.25) is 9.59 Å². The molecule has 1 amide bonds. The average molecular weight is 349 g/mol. The molecule has 0 spiro atoms. The van der Waals surface area contributed by atoms with E-state index in [1.54, 1.807) is 0 Å². The molecular formula is C12H13ClN2O6S. The molecule has 2 heterocycles. The maximum atomic E-state index is 12.0. The molecule has 8 nitrogen and oxygen atoms in total. The Kier molecular flexibility index (Phi) is 5.33. The molecule has 0 aromatic rings. The molecule has 2 aliphatic heterocycles. The van der Waals surface area contributed by atoms with E-state index >= 15 is 0 Å². The summed E-state index contributed by atoms with van der Waals surface area (Å²) in [6.45, 7) is 3.43. The third-order valence-corrected chi connectivity index (χ3v) is 3.24. The second-order valence-electron chi connectivity index (χ2n) is 4.63. The molecule has 2 saturated heterocycles. The molecule has 0 bridgehead atoms. The van der Waals surface area contributed by atoms with Crippen molar-refractivity contribution in [3.63, 3.8) is 0 Å². The van der Waals surface area contributed by atoms with Crippen LogP contribution in [-0.2, 0) is 28.8 Å². The van der Waals surface area contributed by atoms with Gasteiger partial charge in [0.25, 0.3) is 0 Å². The van der Waals surface area contributed by atoms with Crippen molar-refractivity contribution in [2.45, 2.75) is 31.4 Å². The van der Waals surface area contributed by atoms with E-state index in [1.807, 2.05) is 0 Å². The Balaban J connectivity index is 1.83. The normalized spacial score (nSPS) is 24.1. The monoisotopic (exact) mass is 348 g/mol. The van der Waals surface area contributed by atoms with Crippen molar-refractivity contribution in [1.82, 2.24) is 10.5 Å². The average Bonchev–Trinajstić information content (AvgIpc) is 2.98. The molecular weight excluding hydrogens is 336 g/mol. The van der Waals surface area contributed by atoms with E-state index in [4.69, 9.17) is 38.2 Å². The van der Waals surface area contributed by atoms with Gasteiger partial charge in [-0.1, -0.05) is 30.4 Å². The number of halogens is 1. The summed E-state index contributed by atoms with van der Waals surface area (Å²) in [5.41, 5.74) is 0. The number of hydrogen-bond acceptors (Lipinski definition) is 7.